The fourth-order valence-corrected chi connectivity index (χ4v) is 2.21. The summed E-state index contributed by atoms with van der Waals surface area (Å²) in [7, 11) is 0. The van der Waals surface area contributed by atoms with E-state index in [0.717, 1.165) is 5.56 Å². The van der Waals surface area contributed by atoms with E-state index in [-0.39, 0.29) is 17.9 Å². The summed E-state index contributed by atoms with van der Waals surface area (Å²) in [5, 5.41) is 1.91. The fourth-order valence-electron chi connectivity index (χ4n) is 2.21. The van der Waals surface area contributed by atoms with Crippen LogP contribution in [0.5, 0.6) is 5.75 Å². The summed E-state index contributed by atoms with van der Waals surface area (Å²) in [6.45, 7) is 9.14. The molecule has 0 aromatic heterocycles. The van der Waals surface area contributed by atoms with Crippen molar-refractivity contribution < 1.29 is 23.9 Å². The molecule has 0 aliphatic carbocycles. The van der Waals surface area contributed by atoms with E-state index in [0.29, 0.717) is 5.75 Å². The number of ether oxygens (including phenoxy) is 2. The number of urea groups is 1. The zero-order chi connectivity index (χ0) is 19.2. The van der Waals surface area contributed by atoms with Gasteiger partial charge in [0.25, 0.3) is 5.91 Å². The van der Waals surface area contributed by atoms with E-state index >= 15 is 0 Å². The number of nitrogens with one attached hydrogen (secondary N) is 1. The van der Waals surface area contributed by atoms with Crippen molar-refractivity contribution in [2.24, 2.45) is 11.7 Å². The molecular formula is C18H26N2O5. The quantitative estimate of drug-likeness (QED) is 0.764. The SMILES string of the molecule is CC(C)[C@H](OC(=O)COc1ccccc1C(C)(C)C)C(=O)NC(N)=O. The number of hydrogen-bond acceptors (Lipinski definition) is 5. The van der Waals surface area contributed by atoms with Gasteiger partial charge in [-0.15, -0.1) is 0 Å². The molecule has 0 bridgehead atoms. The second kappa shape index (κ2) is 8.50. The lowest BCUT2D eigenvalue weighted by Crippen LogP contribution is -2.46. The first-order valence-corrected chi connectivity index (χ1v) is 8.04. The predicted molar refractivity (Wildman–Crippen MR) is 93.1 cm³/mol. The number of rotatable bonds is 6. The van der Waals surface area contributed by atoms with Gasteiger partial charge in [0.2, 0.25) is 0 Å². The van der Waals surface area contributed by atoms with Crippen molar-refractivity contribution in [1.29, 1.82) is 0 Å². The van der Waals surface area contributed by atoms with Gasteiger partial charge in [-0.25, -0.2) is 9.59 Å². The summed E-state index contributed by atoms with van der Waals surface area (Å²) in [5.74, 6) is -1.22. The first kappa shape index (κ1) is 20.5. The van der Waals surface area contributed by atoms with Gasteiger partial charge in [0.15, 0.2) is 12.7 Å². The van der Waals surface area contributed by atoms with Crippen LogP contribution in [0.4, 0.5) is 4.79 Å². The largest absolute Gasteiger partial charge is 0.482 e. The number of carbonyl (C=O) groups excluding carboxylic acids is 3. The molecule has 7 nitrogen and oxygen atoms in total. The molecule has 0 heterocycles. The second-order valence-corrected chi connectivity index (χ2v) is 7.04. The standard InChI is InChI=1S/C18H26N2O5/c1-11(2)15(16(22)20-17(19)23)25-14(21)10-24-13-9-7-6-8-12(13)18(3,4)5/h6-9,11,15H,10H2,1-5H3,(H3,19,20,22,23)/t15-/m0/s1. The van der Waals surface area contributed by atoms with Crippen molar-refractivity contribution in [3.63, 3.8) is 0 Å². The van der Waals surface area contributed by atoms with E-state index in [2.05, 4.69) is 0 Å². The van der Waals surface area contributed by atoms with Crippen LogP contribution in [0.15, 0.2) is 24.3 Å². The summed E-state index contributed by atoms with van der Waals surface area (Å²) in [6, 6.07) is 6.41. The average Bonchev–Trinajstić information content (AvgIpc) is 2.48. The summed E-state index contributed by atoms with van der Waals surface area (Å²) >= 11 is 0. The van der Waals surface area contributed by atoms with E-state index in [9.17, 15) is 14.4 Å². The van der Waals surface area contributed by atoms with Gasteiger partial charge in [0, 0.05) is 0 Å². The molecular weight excluding hydrogens is 324 g/mol. The summed E-state index contributed by atoms with van der Waals surface area (Å²) in [5.41, 5.74) is 5.72. The molecule has 0 radical (unpaired) electrons. The number of amides is 3. The highest BCUT2D eigenvalue weighted by atomic mass is 16.6. The van der Waals surface area contributed by atoms with Crippen LogP contribution >= 0.6 is 0 Å². The minimum Gasteiger partial charge on any atom is -0.482 e. The van der Waals surface area contributed by atoms with Crippen LogP contribution in [0.1, 0.15) is 40.2 Å². The maximum Gasteiger partial charge on any atom is 0.344 e. The Balaban J connectivity index is 2.74. The molecule has 3 N–H and O–H groups in total. The number of carbonyl (C=O) groups is 3. The minimum atomic E-state index is -1.12. The molecule has 25 heavy (non-hydrogen) atoms. The Morgan fingerprint density at radius 3 is 2.28 bits per heavy atom. The van der Waals surface area contributed by atoms with Crippen LogP contribution < -0.4 is 15.8 Å². The van der Waals surface area contributed by atoms with Crippen molar-refractivity contribution in [3.05, 3.63) is 29.8 Å². The monoisotopic (exact) mass is 350 g/mol. The van der Waals surface area contributed by atoms with Gasteiger partial charge in [0.05, 0.1) is 0 Å². The van der Waals surface area contributed by atoms with Gasteiger partial charge in [-0.2, -0.15) is 0 Å². The summed E-state index contributed by atoms with van der Waals surface area (Å²) in [4.78, 5) is 34.7. The molecule has 0 saturated carbocycles. The molecule has 0 aliphatic rings. The molecule has 0 spiro atoms. The summed E-state index contributed by atoms with van der Waals surface area (Å²) < 4.78 is 10.7. The topological polar surface area (TPSA) is 108 Å². The number of esters is 1. The van der Waals surface area contributed by atoms with Gasteiger partial charge in [-0.3, -0.25) is 10.1 Å². The van der Waals surface area contributed by atoms with E-state index in [1.165, 1.54) is 0 Å². The number of nitrogens with two attached hydrogens (primary N) is 1. The van der Waals surface area contributed by atoms with Crippen LogP contribution in [0.2, 0.25) is 0 Å². The van der Waals surface area contributed by atoms with Gasteiger partial charge in [0.1, 0.15) is 5.75 Å². The molecule has 1 atom stereocenters. The van der Waals surface area contributed by atoms with Crippen molar-refractivity contribution >= 4 is 17.9 Å². The molecule has 3 amide bonds. The predicted octanol–water partition coefficient (Wildman–Crippen LogP) is 2.13. The third-order valence-corrected chi connectivity index (χ3v) is 3.41. The lowest BCUT2D eigenvalue weighted by molar-refractivity contribution is -0.160. The molecule has 0 unspecified atom stereocenters. The lowest BCUT2D eigenvalue weighted by Gasteiger charge is -2.23. The van der Waals surface area contributed by atoms with Crippen molar-refractivity contribution in [2.75, 3.05) is 6.61 Å². The molecule has 138 valence electrons. The Morgan fingerprint density at radius 2 is 1.76 bits per heavy atom. The number of primary amides is 1. The molecule has 1 aromatic carbocycles. The number of hydrogen-bond donors (Lipinski definition) is 2. The zero-order valence-electron chi connectivity index (χ0n) is 15.3. The first-order valence-electron chi connectivity index (χ1n) is 8.04. The average molecular weight is 350 g/mol. The Labute approximate surface area is 147 Å². The number of imide groups is 1. The van der Waals surface area contributed by atoms with Crippen LogP contribution in [0.3, 0.4) is 0 Å². The van der Waals surface area contributed by atoms with E-state index in [1.807, 2.05) is 44.3 Å². The van der Waals surface area contributed by atoms with Crippen LogP contribution in [0, 0.1) is 5.92 Å². The van der Waals surface area contributed by atoms with Crippen molar-refractivity contribution in [2.45, 2.75) is 46.1 Å². The molecule has 1 aromatic rings. The maximum atomic E-state index is 12.0. The smallest absolute Gasteiger partial charge is 0.344 e. The Morgan fingerprint density at radius 1 is 1.16 bits per heavy atom. The second-order valence-electron chi connectivity index (χ2n) is 7.04. The van der Waals surface area contributed by atoms with Crippen LogP contribution in [-0.2, 0) is 19.7 Å². The van der Waals surface area contributed by atoms with Crippen molar-refractivity contribution in [1.82, 2.24) is 5.32 Å². The third kappa shape index (κ3) is 6.45. The number of benzene rings is 1. The third-order valence-electron chi connectivity index (χ3n) is 3.41. The van der Waals surface area contributed by atoms with Gasteiger partial charge >= 0.3 is 12.0 Å². The lowest BCUT2D eigenvalue weighted by atomic mass is 9.86. The molecule has 1 rings (SSSR count). The highest BCUT2D eigenvalue weighted by Crippen LogP contribution is 2.30. The Kier molecular flexibility index (Phi) is 6.97. The van der Waals surface area contributed by atoms with E-state index in [4.69, 9.17) is 15.2 Å². The molecule has 0 saturated heterocycles. The van der Waals surface area contributed by atoms with Gasteiger partial charge < -0.3 is 15.2 Å². The molecule has 0 fully saturated rings. The van der Waals surface area contributed by atoms with Crippen LogP contribution in [-0.4, -0.2) is 30.6 Å². The zero-order valence-corrected chi connectivity index (χ0v) is 15.3. The maximum absolute atomic E-state index is 12.0. The van der Waals surface area contributed by atoms with E-state index < -0.39 is 24.0 Å². The highest BCUT2D eigenvalue weighted by Gasteiger charge is 2.28. The normalized spacial score (nSPS) is 12.4. The van der Waals surface area contributed by atoms with Gasteiger partial charge in [-0.05, 0) is 23.0 Å². The Bertz CT molecular complexity index is 635. The fraction of sp³-hybridized carbons (Fsp3) is 0.500. The molecule has 0 aliphatic heterocycles. The first-order chi connectivity index (χ1) is 11.5. The van der Waals surface area contributed by atoms with E-state index in [1.54, 1.807) is 19.9 Å². The van der Waals surface area contributed by atoms with Gasteiger partial charge in [-0.1, -0.05) is 52.8 Å². The highest BCUT2D eigenvalue weighted by molar-refractivity contribution is 5.96. The molecule has 7 heteroatoms. The van der Waals surface area contributed by atoms with Crippen LogP contribution in [0.25, 0.3) is 0 Å². The summed E-state index contributed by atoms with van der Waals surface area (Å²) in [6.07, 6.45) is -1.12. The minimum absolute atomic E-state index is 0.150. The Hall–Kier alpha value is -2.57. The van der Waals surface area contributed by atoms with Crippen molar-refractivity contribution in [3.8, 4) is 5.75 Å². The number of para-hydroxylation sites is 1.